The molecule has 0 bridgehead atoms. The van der Waals surface area contributed by atoms with Gasteiger partial charge in [-0.1, -0.05) is 29.0 Å². The van der Waals surface area contributed by atoms with Crippen molar-refractivity contribution in [3.8, 4) is 0 Å². The Morgan fingerprint density at radius 3 is 2.88 bits per heavy atom. The summed E-state index contributed by atoms with van der Waals surface area (Å²) < 4.78 is 6.37. The van der Waals surface area contributed by atoms with E-state index in [9.17, 15) is 0 Å². The Morgan fingerprint density at radius 1 is 1.47 bits per heavy atom. The minimum atomic E-state index is -0.207. The molecule has 1 heterocycles. The second-order valence-corrected chi connectivity index (χ2v) is 5.83. The Kier molecular flexibility index (Phi) is 3.56. The summed E-state index contributed by atoms with van der Waals surface area (Å²) in [4.78, 5) is 4.48. The summed E-state index contributed by atoms with van der Waals surface area (Å²) in [6.45, 7) is 4.77. The van der Waals surface area contributed by atoms with Gasteiger partial charge >= 0.3 is 0 Å². The molecule has 0 radical (unpaired) electrons. The number of benzene rings is 1. The van der Waals surface area contributed by atoms with Crippen LogP contribution in [0.3, 0.4) is 0 Å². The van der Waals surface area contributed by atoms with Gasteiger partial charge in [0.15, 0.2) is 5.13 Å². The van der Waals surface area contributed by atoms with E-state index >= 15 is 0 Å². The van der Waals surface area contributed by atoms with Crippen molar-refractivity contribution in [2.45, 2.75) is 19.4 Å². The maximum absolute atomic E-state index is 6.11. The molecule has 0 spiro atoms. The molecule has 0 aliphatic carbocycles. The quantitative estimate of drug-likeness (QED) is 0.918. The van der Waals surface area contributed by atoms with E-state index in [2.05, 4.69) is 10.3 Å². The molecule has 0 unspecified atom stereocenters. The molecule has 1 N–H and O–H groups in total. The molecule has 1 aromatic carbocycles. The lowest BCUT2D eigenvalue weighted by Gasteiger charge is -2.22. The number of methoxy groups -OCH3 is 1. The minimum Gasteiger partial charge on any atom is -0.377 e. The van der Waals surface area contributed by atoms with Crippen LogP contribution in [0.1, 0.15) is 13.8 Å². The van der Waals surface area contributed by atoms with E-state index in [1.165, 1.54) is 0 Å². The predicted molar refractivity (Wildman–Crippen MR) is 74.2 cm³/mol. The zero-order valence-corrected chi connectivity index (χ0v) is 11.7. The maximum Gasteiger partial charge on any atom is 0.183 e. The van der Waals surface area contributed by atoms with Gasteiger partial charge in [-0.3, -0.25) is 0 Å². The van der Waals surface area contributed by atoms with Gasteiger partial charge in [0.05, 0.1) is 20.8 Å². The lowest BCUT2D eigenvalue weighted by molar-refractivity contribution is 0.0344. The molecule has 0 atom stereocenters. The van der Waals surface area contributed by atoms with Gasteiger partial charge in [-0.15, -0.1) is 0 Å². The second kappa shape index (κ2) is 4.80. The summed E-state index contributed by atoms with van der Waals surface area (Å²) in [6.07, 6.45) is 0. The first kappa shape index (κ1) is 12.6. The van der Waals surface area contributed by atoms with Crippen molar-refractivity contribution in [2.24, 2.45) is 0 Å². The third-order valence-corrected chi connectivity index (χ3v) is 4.07. The van der Waals surface area contributed by atoms with E-state index in [0.717, 1.165) is 20.4 Å². The van der Waals surface area contributed by atoms with Crippen LogP contribution in [-0.2, 0) is 4.74 Å². The lowest BCUT2D eigenvalue weighted by atomic mass is 10.1. The molecule has 0 saturated carbocycles. The summed E-state index contributed by atoms with van der Waals surface area (Å²) in [6, 6.07) is 5.75. The Hall–Kier alpha value is -0.840. The molecule has 2 rings (SSSR count). The van der Waals surface area contributed by atoms with E-state index in [4.69, 9.17) is 16.3 Å². The summed E-state index contributed by atoms with van der Waals surface area (Å²) in [5.74, 6) is 0. The molecule has 5 heteroatoms. The number of ether oxygens (including phenoxy) is 1. The Bertz CT molecular complexity index is 524. The molecule has 2 aromatic rings. The Labute approximate surface area is 110 Å². The summed E-state index contributed by atoms with van der Waals surface area (Å²) >= 11 is 7.67. The highest BCUT2D eigenvalue weighted by Gasteiger charge is 2.16. The van der Waals surface area contributed by atoms with E-state index in [1.807, 2.05) is 32.0 Å². The molecular weight excluding hydrogens is 256 g/mol. The topological polar surface area (TPSA) is 34.1 Å². The van der Waals surface area contributed by atoms with Crippen LogP contribution in [0.2, 0.25) is 5.02 Å². The standard InChI is InChI=1S/C12H15ClN2OS/c1-12(2,16-3)7-14-11-15-9-6-4-5-8(13)10(9)17-11/h4-6H,7H2,1-3H3,(H,14,15). The zero-order valence-electron chi connectivity index (χ0n) is 10.1. The molecule has 17 heavy (non-hydrogen) atoms. The second-order valence-electron chi connectivity index (χ2n) is 4.42. The average molecular weight is 271 g/mol. The third-order valence-electron chi connectivity index (χ3n) is 2.58. The van der Waals surface area contributed by atoms with Gasteiger partial charge in [0.2, 0.25) is 0 Å². The number of aromatic nitrogens is 1. The summed E-state index contributed by atoms with van der Waals surface area (Å²) in [5.41, 5.74) is 0.724. The number of hydrogen-bond donors (Lipinski definition) is 1. The molecule has 1 aromatic heterocycles. The molecule has 0 saturated heterocycles. The van der Waals surface area contributed by atoms with Crippen molar-refractivity contribution in [3.05, 3.63) is 23.2 Å². The number of anilines is 1. The fourth-order valence-corrected chi connectivity index (χ4v) is 2.50. The van der Waals surface area contributed by atoms with Gasteiger partial charge in [0, 0.05) is 13.7 Å². The predicted octanol–water partition coefficient (Wildman–Crippen LogP) is 3.79. The van der Waals surface area contributed by atoms with Crippen LogP contribution in [0.5, 0.6) is 0 Å². The van der Waals surface area contributed by atoms with Crippen LogP contribution in [0.15, 0.2) is 18.2 Å². The van der Waals surface area contributed by atoms with E-state index < -0.39 is 0 Å². The number of nitrogens with one attached hydrogen (secondary N) is 1. The average Bonchev–Trinajstić information content (AvgIpc) is 2.71. The monoisotopic (exact) mass is 270 g/mol. The van der Waals surface area contributed by atoms with Crippen LogP contribution in [-0.4, -0.2) is 24.2 Å². The summed E-state index contributed by atoms with van der Waals surface area (Å²) in [5, 5.41) is 4.90. The lowest BCUT2D eigenvalue weighted by Crippen LogP contribution is -2.31. The number of thiazole rings is 1. The zero-order chi connectivity index (χ0) is 12.5. The van der Waals surface area contributed by atoms with Gasteiger partial charge in [-0.05, 0) is 26.0 Å². The highest BCUT2D eigenvalue weighted by atomic mass is 35.5. The summed E-state index contributed by atoms with van der Waals surface area (Å²) in [7, 11) is 1.71. The first-order valence-corrected chi connectivity index (χ1v) is 6.55. The van der Waals surface area contributed by atoms with Crippen molar-refractivity contribution >= 4 is 38.3 Å². The fraction of sp³-hybridized carbons (Fsp3) is 0.417. The van der Waals surface area contributed by atoms with Gasteiger partial charge in [0.25, 0.3) is 0 Å². The molecule has 0 amide bonds. The van der Waals surface area contributed by atoms with E-state index in [0.29, 0.717) is 6.54 Å². The number of hydrogen-bond acceptors (Lipinski definition) is 4. The number of halogens is 1. The van der Waals surface area contributed by atoms with Gasteiger partial charge in [-0.25, -0.2) is 4.98 Å². The number of rotatable bonds is 4. The van der Waals surface area contributed by atoms with Gasteiger partial charge in [-0.2, -0.15) is 0 Å². The van der Waals surface area contributed by atoms with Gasteiger partial charge < -0.3 is 10.1 Å². The SMILES string of the molecule is COC(C)(C)CNc1nc2cccc(Cl)c2s1. The molecule has 0 fully saturated rings. The number of fused-ring (bicyclic) bond motifs is 1. The fourth-order valence-electron chi connectivity index (χ4n) is 1.35. The van der Waals surface area contributed by atoms with Crippen molar-refractivity contribution in [1.82, 2.24) is 4.98 Å². The Morgan fingerprint density at radius 2 is 2.24 bits per heavy atom. The van der Waals surface area contributed by atoms with E-state index in [1.54, 1.807) is 18.4 Å². The van der Waals surface area contributed by atoms with Crippen LogP contribution in [0.25, 0.3) is 10.2 Å². The maximum atomic E-state index is 6.11. The molecule has 3 nitrogen and oxygen atoms in total. The Balaban J connectivity index is 2.18. The highest BCUT2D eigenvalue weighted by molar-refractivity contribution is 7.22. The molecule has 0 aliphatic heterocycles. The van der Waals surface area contributed by atoms with Crippen molar-refractivity contribution in [3.63, 3.8) is 0 Å². The molecule has 0 aliphatic rings. The van der Waals surface area contributed by atoms with E-state index in [-0.39, 0.29) is 5.60 Å². The third kappa shape index (κ3) is 2.89. The molecule has 92 valence electrons. The van der Waals surface area contributed by atoms with Crippen LogP contribution in [0.4, 0.5) is 5.13 Å². The normalized spacial score (nSPS) is 12.0. The smallest absolute Gasteiger partial charge is 0.183 e. The van der Waals surface area contributed by atoms with Crippen molar-refractivity contribution in [2.75, 3.05) is 19.0 Å². The largest absolute Gasteiger partial charge is 0.377 e. The number of nitrogens with zero attached hydrogens (tertiary/aromatic N) is 1. The van der Waals surface area contributed by atoms with Crippen LogP contribution in [0, 0.1) is 0 Å². The first-order valence-electron chi connectivity index (χ1n) is 5.36. The van der Waals surface area contributed by atoms with Crippen LogP contribution < -0.4 is 5.32 Å². The van der Waals surface area contributed by atoms with Crippen LogP contribution >= 0.6 is 22.9 Å². The molecular formula is C12H15ClN2OS. The van der Waals surface area contributed by atoms with Crippen molar-refractivity contribution < 1.29 is 4.74 Å². The first-order chi connectivity index (χ1) is 8.02. The van der Waals surface area contributed by atoms with Gasteiger partial charge in [0.1, 0.15) is 0 Å². The van der Waals surface area contributed by atoms with Crippen molar-refractivity contribution in [1.29, 1.82) is 0 Å². The highest BCUT2D eigenvalue weighted by Crippen LogP contribution is 2.31. The minimum absolute atomic E-state index is 0.207.